The number of carboxylic acids is 1. The fourth-order valence-electron chi connectivity index (χ4n) is 2.97. The fraction of sp³-hybridized carbons (Fsp3) is 0.312. The number of nitrogens with one attached hydrogen (secondary N) is 1. The van der Waals surface area contributed by atoms with Crippen molar-refractivity contribution in [2.45, 2.75) is 25.3 Å². The van der Waals surface area contributed by atoms with Crippen LogP contribution in [-0.2, 0) is 4.79 Å². The number of fused-ring (bicyclic) bond motifs is 1. The quantitative estimate of drug-likeness (QED) is 0.905. The van der Waals surface area contributed by atoms with Crippen molar-refractivity contribution in [2.24, 2.45) is 5.92 Å². The molecule has 2 atom stereocenters. The number of carbonyl (C=O) groups is 2. The van der Waals surface area contributed by atoms with Crippen molar-refractivity contribution in [1.82, 2.24) is 10.3 Å². The maximum absolute atomic E-state index is 12.4. The van der Waals surface area contributed by atoms with E-state index >= 15 is 0 Å². The highest BCUT2D eigenvalue weighted by Crippen LogP contribution is 2.26. The van der Waals surface area contributed by atoms with Gasteiger partial charge in [0.05, 0.1) is 5.92 Å². The Bertz CT molecular complexity index is 693. The van der Waals surface area contributed by atoms with Gasteiger partial charge in [0.1, 0.15) is 5.69 Å². The smallest absolute Gasteiger partial charge is 0.308 e. The molecule has 5 nitrogen and oxygen atoms in total. The first-order chi connectivity index (χ1) is 10.2. The van der Waals surface area contributed by atoms with E-state index in [0.29, 0.717) is 18.5 Å². The average Bonchev–Trinajstić information content (AvgIpc) is 2.95. The molecular formula is C16H16N2O3. The molecule has 1 aromatic heterocycles. The average molecular weight is 284 g/mol. The van der Waals surface area contributed by atoms with E-state index in [0.717, 1.165) is 17.2 Å². The van der Waals surface area contributed by atoms with Gasteiger partial charge in [-0.15, -0.1) is 0 Å². The van der Waals surface area contributed by atoms with E-state index in [4.69, 9.17) is 0 Å². The number of carboxylic acid groups (broad SMARTS) is 1. The monoisotopic (exact) mass is 284 g/mol. The van der Waals surface area contributed by atoms with Gasteiger partial charge in [0.25, 0.3) is 5.91 Å². The van der Waals surface area contributed by atoms with Crippen LogP contribution in [0.5, 0.6) is 0 Å². The Morgan fingerprint density at radius 2 is 2.00 bits per heavy atom. The maximum Gasteiger partial charge on any atom is 0.308 e. The molecule has 1 fully saturated rings. The summed E-state index contributed by atoms with van der Waals surface area (Å²) in [6, 6.07) is 9.07. The lowest BCUT2D eigenvalue weighted by Crippen LogP contribution is -2.40. The lowest BCUT2D eigenvalue weighted by Gasteiger charge is -2.17. The number of nitrogens with zero attached hydrogens (tertiary/aromatic N) is 1. The third kappa shape index (κ3) is 2.59. The van der Waals surface area contributed by atoms with Crippen LogP contribution < -0.4 is 5.32 Å². The van der Waals surface area contributed by atoms with Crippen molar-refractivity contribution in [3.8, 4) is 0 Å². The second kappa shape index (κ2) is 5.52. The molecule has 1 aromatic carbocycles. The van der Waals surface area contributed by atoms with Gasteiger partial charge in [-0.25, -0.2) is 0 Å². The van der Waals surface area contributed by atoms with Crippen LogP contribution in [0.2, 0.25) is 0 Å². The summed E-state index contributed by atoms with van der Waals surface area (Å²) in [5.41, 5.74) is 0.351. The van der Waals surface area contributed by atoms with E-state index in [2.05, 4.69) is 10.3 Å². The molecule has 1 aliphatic rings. The molecule has 0 bridgehead atoms. The summed E-state index contributed by atoms with van der Waals surface area (Å²) >= 11 is 0. The number of rotatable bonds is 3. The number of carbonyl (C=O) groups excluding carboxylic acids is 1. The topological polar surface area (TPSA) is 79.3 Å². The second-order valence-electron chi connectivity index (χ2n) is 5.34. The Kier molecular flexibility index (Phi) is 3.56. The Hall–Kier alpha value is -2.43. The highest BCUT2D eigenvalue weighted by Gasteiger charge is 2.34. The lowest BCUT2D eigenvalue weighted by atomic mass is 10.0. The molecule has 1 aliphatic carbocycles. The third-order valence-corrected chi connectivity index (χ3v) is 4.04. The summed E-state index contributed by atoms with van der Waals surface area (Å²) in [5.74, 6) is -1.64. The lowest BCUT2D eigenvalue weighted by molar-refractivity contribution is -0.142. The molecule has 2 N–H and O–H groups in total. The van der Waals surface area contributed by atoms with Crippen LogP contribution in [0.3, 0.4) is 0 Å². The molecular weight excluding hydrogens is 268 g/mol. The minimum absolute atomic E-state index is 0.301. The van der Waals surface area contributed by atoms with Crippen molar-refractivity contribution >= 4 is 22.6 Å². The molecule has 3 rings (SSSR count). The molecule has 1 amide bonds. The number of pyridine rings is 1. The van der Waals surface area contributed by atoms with Gasteiger partial charge in [0.2, 0.25) is 0 Å². The molecule has 0 saturated heterocycles. The number of amides is 1. The van der Waals surface area contributed by atoms with E-state index in [-0.39, 0.29) is 11.9 Å². The second-order valence-corrected chi connectivity index (χ2v) is 5.34. The predicted octanol–water partition coefficient (Wildman–Crippen LogP) is 2.22. The van der Waals surface area contributed by atoms with Gasteiger partial charge in [0.15, 0.2) is 0 Å². The number of hydrogen-bond donors (Lipinski definition) is 2. The number of aromatic nitrogens is 1. The molecule has 2 aromatic rings. The van der Waals surface area contributed by atoms with Crippen molar-refractivity contribution in [1.29, 1.82) is 0 Å². The summed E-state index contributed by atoms with van der Waals surface area (Å²) < 4.78 is 0. The van der Waals surface area contributed by atoms with Gasteiger partial charge in [-0.1, -0.05) is 30.7 Å². The first-order valence-electron chi connectivity index (χ1n) is 7.04. The van der Waals surface area contributed by atoms with Crippen molar-refractivity contribution in [2.75, 3.05) is 0 Å². The zero-order valence-corrected chi connectivity index (χ0v) is 11.5. The molecule has 108 valence electrons. The van der Waals surface area contributed by atoms with Gasteiger partial charge < -0.3 is 10.4 Å². The standard InChI is InChI=1S/C16H16N2O3/c19-15(18-13-7-3-6-12(13)16(20)21)14-11-5-2-1-4-10(11)8-9-17-14/h1-2,4-5,8-9,12-13H,3,6-7H2,(H,18,19)(H,20,21)/t12-,13-/m1/s1. The minimum Gasteiger partial charge on any atom is -0.481 e. The van der Waals surface area contributed by atoms with Crippen molar-refractivity contribution in [3.63, 3.8) is 0 Å². The number of benzene rings is 1. The maximum atomic E-state index is 12.4. The van der Waals surface area contributed by atoms with E-state index in [9.17, 15) is 14.7 Å². The molecule has 21 heavy (non-hydrogen) atoms. The Balaban J connectivity index is 1.86. The van der Waals surface area contributed by atoms with E-state index < -0.39 is 11.9 Å². The third-order valence-electron chi connectivity index (χ3n) is 4.04. The summed E-state index contributed by atoms with van der Waals surface area (Å²) in [5, 5.41) is 13.7. The summed E-state index contributed by atoms with van der Waals surface area (Å²) in [6.45, 7) is 0. The zero-order chi connectivity index (χ0) is 14.8. The predicted molar refractivity (Wildman–Crippen MR) is 78.0 cm³/mol. The van der Waals surface area contributed by atoms with Gasteiger partial charge in [-0.3, -0.25) is 14.6 Å². The first-order valence-corrected chi connectivity index (χ1v) is 7.04. The van der Waals surface area contributed by atoms with Crippen LogP contribution >= 0.6 is 0 Å². The number of hydrogen-bond acceptors (Lipinski definition) is 3. The molecule has 0 unspecified atom stereocenters. The summed E-state index contributed by atoms with van der Waals surface area (Å²) in [6.07, 6.45) is 3.74. The van der Waals surface area contributed by atoms with Crippen LogP contribution in [0.25, 0.3) is 10.8 Å². The number of aliphatic carboxylic acids is 1. The van der Waals surface area contributed by atoms with E-state index in [1.54, 1.807) is 6.20 Å². The van der Waals surface area contributed by atoms with Crippen LogP contribution in [-0.4, -0.2) is 28.0 Å². The zero-order valence-electron chi connectivity index (χ0n) is 11.5. The van der Waals surface area contributed by atoms with Gasteiger partial charge in [-0.2, -0.15) is 0 Å². The van der Waals surface area contributed by atoms with E-state index in [1.165, 1.54) is 0 Å². The molecule has 1 heterocycles. The molecule has 0 radical (unpaired) electrons. The van der Waals surface area contributed by atoms with Gasteiger partial charge in [-0.05, 0) is 24.3 Å². The van der Waals surface area contributed by atoms with Crippen LogP contribution in [0, 0.1) is 5.92 Å². The highest BCUT2D eigenvalue weighted by molar-refractivity contribution is 6.05. The normalized spacial score (nSPS) is 21.3. The van der Waals surface area contributed by atoms with E-state index in [1.807, 2.05) is 30.3 Å². The Labute approximate surface area is 122 Å². The van der Waals surface area contributed by atoms with Crippen LogP contribution in [0.1, 0.15) is 29.8 Å². The first kappa shape index (κ1) is 13.5. The van der Waals surface area contributed by atoms with Crippen molar-refractivity contribution < 1.29 is 14.7 Å². The Morgan fingerprint density at radius 1 is 1.19 bits per heavy atom. The summed E-state index contributed by atoms with van der Waals surface area (Å²) in [4.78, 5) is 27.8. The van der Waals surface area contributed by atoms with Gasteiger partial charge >= 0.3 is 5.97 Å². The van der Waals surface area contributed by atoms with Crippen LogP contribution in [0.15, 0.2) is 36.5 Å². The van der Waals surface area contributed by atoms with Crippen LogP contribution in [0.4, 0.5) is 0 Å². The largest absolute Gasteiger partial charge is 0.481 e. The molecule has 1 saturated carbocycles. The van der Waals surface area contributed by atoms with Crippen molar-refractivity contribution in [3.05, 3.63) is 42.2 Å². The fourth-order valence-corrected chi connectivity index (χ4v) is 2.97. The molecule has 5 heteroatoms. The minimum atomic E-state index is -0.844. The SMILES string of the molecule is O=C(N[C@@H]1CCC[C@H]1C(=O)O)c1nccc2ccccc12. The van der Waals surface area contributed by atoms with Gasteiger partial charge in [0, 0.05) is 17.6 Å². The molecule has 0 spiro atoms. The summed E-state index contributed by atoms with van der Waals surface area (Å²) in [7, 11) is 0. The molecule has 0 aliphatic heterocycles. The Morgan fingerprint density at radius 3 is 2.81 bits per heavy atom. The highest BCUT2D eigenvalue weighted by atomic mass is 16.4.